The number of hydrogen-bond donors (Lipinski definition) is 1. The van der Waals surface area contributed by atoms with E-state index in [2.05, 4.69) is 15.4 Å². The van der Waals surface area contributed by atoms with Crippen LogP contribution >= 0.6 is 11.6 Å². The number of aromatic nitrogens is 3. The van der Waals surface area contributed by atoms with E-state index in [0.717, 1.165) is 35.6 Å². The summed E-state index contributed by atoms with van der Waals surface area (Å²) in [5.41, 5.74) is 3.90. The largest absolute Gasteiger partial charge is 0.338 e. The molecule has 2 aromatic heterocycles. The smallest absolute Gasteiger partial charge is 0.253 e. The van der Waals surface area contributed by atoms with Crippen molar-refractivity contribution in [1.82, 2.24) is 19.7 Å². The van der Waals surface area contributed by atoms with Gasteiger partial charge in [0.25, 0.3) is 5.91 Å². The third-order valence-electron chi connectivity index (χ3n) is 5.78. The maximum atomic E-state index is 13.1. The van der Waals surface area contributed by atoms with Gasteiger partial charge in [-0.15, -0.1) is 0 Å². The number of carbonyl (C=O) groups excluding carboxylic acids is 2. The fourth-order valence-corrected chi connectivity index (χ4v) is 4.14. The summed E-state index contributed by atoms with van der Waals surface area (Å²) in [6, 6.07) is 12.8. The Morgan fingerprint density at radius 1 is 1.09 bits per heavy atom. The van der Waals surface area contributed by atoms with E-state index >= 15 is 0 Å². The number of piperidine rings is 1. The van der Waals surface area contributed by atoms with Gasteiger partial charge in [0.2, 0.25) is 5.91 Å². The minimum Gasteiger partial charge on any atom is -0.338 e. The molecular formula is C24H26ClN5O2. The van der Waals surface area contributed by atoms with E-state index in [9.17, 15) is 9.59 Å². The molecule has 1 aromatic carbocycles. The zero-order valence-electron chi connectivity index (χ0n) is 18.4. The zero-order chi connectivity index (χ0) is 22.8. The average molecular weight is 452 g/mol. The van der Waals surface area contributed by atoms with Crippen molar-refractivity contribution in [3.05, 3.63) is 70.1 Å². The Morgan fingerprint density at radius 3 is 2.50 bits per heavy atom. The molecular weight excluding hydrogens is 426 g/mol. The summed E-state index contributed by atoms with van der Waals surface area (Å²) in [7, 11) is 0. The minimum atomic E-state index is -0.258. The Morgan fingerprint density at radius 2 is 1.84 bits per heavy atom. The van der Waals surface area contributed by atoms with E-state index in [0.29, 0.717) is 29.5 Å². The lowest BCUT2D eigenvalue weighted by atomic mass is 9.96. The Balaban J connectivity index is 1.43. The first-order valence-electron chi connectivity index (χ1n) is 10.7. The number of carbonyl (C=O) groups is 2. The van der Waals surface area contributed by atoms with Crippen LogP contribution in [0.1, 0.15) is 40.3 Å². The van der Waals surface area contributed by atoms with Crippen LogP contribution < -0.4 is 5.32 Å². The highest BCUT2D eigenvalue weighted by Gasteiger charge is 2.29. The monoisotopic (exact) mass is 451 g/mol. The molecule has 3 heterocycles. The fraction of sp³-hybridized carbons (Fsp3) is 0.333. The Bertz CT molecular complexity index is 1160. The molecule has 1 saturated heterocycles. The van der Waals surface area contributed by atoms with Gasteiger partial charge in [0.05, 0.1) is 28.0 Å². The summed E-state index contributed by atoms with van der Waals surface area (Å²) < 4.78 is 1.77. The number of nitrogens with zero attached hydrogens (tertiary/aromatic N) is 4. The molecule has 1 fully saturated rings. The lowest BCUT2D eigenvalue weighted by Gasteiger charge is -2.32. The number of nitrogens with one attached hydrogen (secondary N) is 1. The molecule has 166 valence electrons. The van der Waals surface area contributed by atoms with Gasteiger partial charge in [-0.2, -0.15) is 5.10 Å². The number of hydrogen-bond acceptors (Lipinski definition) is 4. The number of benzene rings is 1. The van der Waals surface area contributed by atoms with Gasteiger partial charge in [-0.25, -0.2) is 9.67 Å². The Hall–Kier alpha value is -3.19. The maximum Gasteiger partial charge on any atom is 0.253 e. The molecule has 7 nitrogen and oxygen atoms in total. The first-order chi connectivity index (χ1) is 15.3. The lowest BCUT2D eigenvalue weighted by molar-refractivity contribution is -0.121. The van der Waals surface area contributed by atoms with Crippen LogP contribution in [0.15, 0.2) is 42.5 Å². The zero-order valence-corrected chi connectivity index (χ0v) is 19.2. The molecule has 1 atom stereocenters. The van der Waals surface area contributed by atoms with Crippen LogP contribution in [-0.4, -0.2) is 44.6 Å². The van der Waals surface area contributed by atoms with Gasteiger partial charge >= 0.3 is 0 Å². The third kappa shape index (κ3) is 4.53. The van der Waals surface area contributed by atoms with E-state index in [1.54, 1.807) is 27.8 Å². The van der Waals surface area contributed by atoms with Crippen LogP contribution in [0.4, 0.5) is 5.82 Å². The first-order valence-corrected chi connectivity index (χ1v) is 11.1. The first kappa shape index (κ1) is 22.0. The SMILES string of the molecule is Cc1cccc(NC(=O)C2CCCN(C(=O)c3ccc(-n4nc(C)c(Cl)c4C)cc3)C2)n1. The van der Waals surface area contributed by atoms with Gasteiger partial charge in [0.1, 0.15) is 5.82 Å². The molecule has 1 aliphatic rings. The van der Waals surface area contributed by atoms with Crippen LogP contribution in [-0.2, 0) is 4.79 Å². The predicted molar refractivity (Wildman–Crippen MR) is 124 cm³/mol. The number of pyridine rings is 1. The molecule has 1 aliphatic heterocycles. The molecule has 2 amide bonds. The summed E-state index contributed by atoms with van der Waals surface area (Å²) >= 11 is 6.25. The van der Waals surface area contributed by atoms with Gasteiger partial charge < -0.3 is 10.2 Å². The van der Waals surface area contributed by atoms with Gasteiger partial charge in [-0.3, -0.25) is 9.59 Å². The fourth-order valence-electron chi connectivity index (χ4n) is 4.02. The summed E-state index contributed by atoms with van der Waals surface area (Å²) in [5, 5.41) is 7.98. The van der Waals surface area contributed by atoms with Crippen molar-refractivity contribution >= 4 is 29.2 Å². The van der Waals surface area contributed by atoms with Gasteiger partial charge in [-0.05, 0) is 70.0 Å². The van der Waals surface area contributed by atoms with E-state index in [4.69, 9.17) is 11.6 Å². The van der Waals surface area contributed by atoms with Crippen molar-refractivity contribution in [2.45, 2.75) is 33.6 Å². The maximum absolute atomic E-state index is 13.1. The third-order valence-corrected chi connectivity index (χ3v) is 6.33. The molecule has 0 bridgehead atoms. The van der Waals surface area contributed by atoms with E-state index in [1.807, 2.05) is 45.0 Å². The number of amides is 2. The average Bonchev–Trinajstić information content (AvgIpc) is 3.06. The van der Waals surface area contributed by atoms with Crippen molar-refractivity contribution < 1.29 is 9.59 Å². The van der Waals surface area contributed by atoms with Crippen LogP contribution in [0.25, 0.3) is 5.69 Å². The molecule has 32 heavy (non-hydrogen) atoms. The number of likely N-dealkylation sites (tertiary alicyclic amines) is 1. The van der Waals surface area contributed by atoms with Crippen LogP contribution in [0.5, 0.6) is 0 Å². The second kappa shape index (κ2) is 9.12. The number of anilines is 1. The lowest BCUT2D eigenvalue weighted by Crippen LogP contribution is -2.43. The van der Waals surface area contributed by atoms with Crippen molar-refractivity contribution in [2.75, 3.05) is 18.4 Å². The quantitative estimate of drug-likeness (QED) is 0.640. The normalized spacial score (nSPS) is 16.1. The summed E-state index contributed by atoms with van der Waals surface area (Å²) in [5.74, 6) is 0.107. The predicted octanol–water partition coefficient (Wildman–Crippen LogP) is 4.34. The summed E-state index contributed by atoms with van der Waals surface area (Å²) in [4.78, 5) is 31.9. The Labute approximate surface area is 192 Å². The van der Waals surface area contributed by atoms with Crippen LogP contribution in [0.2, 0.25) is 5.02 Å². The van der Waals surface area contributed by atoms with Crippen LogP contribution in [0, 0.1) is 26.7 Å². The Kier molecular flexibility index (Phi) is 6.28. The van der Waals surface area contributed by atoms with Crippen molar-refractivity contribution in [1.29, 1.82) is 0 Å². The van der Waals surface area contributed by atoms with E-state index in [-0.39, 0.29) is 17.7 Å². The minimum absolute atomic E-state index is 0.0749. The highest BCUT2D eigenvalue weighted by atomic mass is 35.5. The van der Waals surface area contributed by atoms with Gasteiger partial charge in [0, 0.05) is 24.3 Å². The highest BCUT2D eigenvalue weighted by Crippen LogP contribution is 2.24. The number of aryl methyl sites for hydroxylation is 2. The molecule has 0 aliphatic carbocycles. The van der Waals surface area contributed by atoms with Gasteiger partial charge in [0.15, 0.2) is 0 Å². The number of halogens is 1. The number of rotatable bonds is 4. The topological polar surface area (TPSA) is 80.1 Å². The highest BCUT2D eigenvalue weighted by molar-refractivity contribution is 6.31. The second-order valence-corrected chi connectivity index (χ2v) is 8.57. The van der Waals surface area contributed by atoms with Crippen molar-refractivity contribution in [3.8, 4) is 5.69 Å². The van der Waals surface area contributed by atoms with Crippen molar-refractivity contribution in [3.63, 3.8) is 0 Å². The van der Waals surface area contributed by atoms with Crippen molar-refractivity contribution in [2.24, 2.45) is 5.92 Å². The van der Waals surface area contributed by atoms with E-state index < -0.39 is 0 Å². The molecule has 1 N–H and O–H groups in total. The standard InChI is InChI=1S/C24H26ClN5O2/c1-15-6-4-8-21(26-15)27-23(31)19-7-5-13-29(14-19)24(32)18-9-11-20(12-10-18)30-17(3)22(25)16(2)28-30/h4,6,8-12,19H,5,7,13-14H2,1-3H3,(H,26,27,31). The molecule has 0 spiro atoms. The second-order valence-electron chi connectivity index (χ2n) is 8.19. The molecule has 1 unspecified atom stereocenters. The molecule has 8 heteroatoms. The van der Waals surface area contributed by atoms with E-state index in [1.165, 1.54) is 0 Å². The molecule has 0 saturated carbocycles. The van der Waals surface area contributed by atoms with Crippen LogP contribution in [0.3, 0.4) is 0 Å². The molecule has 0 radical (unpaired) electrons. The van der Waals surface area contributed by atoms with Gasteiger partial charge in [-0.1, -0.05) is 17.7 Å². The summed E-state index contributed by atoms with van der Waals surface area (Å²) in [6.07, 6.45) is 1.53. The molecule has 4 rings (SSSR count). The summed E-state index contributed by atoms with van der Waals surface area (Å²) in [6.45, 7) is 6.69. The molecule has 3 aromatic rings.